The van der Waals surface area contributed by atoms with Crippen LogP contribution < -0.4 is 5.32 Å². The van der Waals surface area contributed by atoms with E-state index in [1.165, 1.54) is 29.3 Å². The number of rotatable bonds is 1. The van der Waals surface area contributed by atoms with Crippen LogP contribution in [-0.2, 0) is 0 Å². The maximum Gasteiger partial charge on any atom is 0.253 e. The van der Waals surface area contributed by atoms with Gasteiger partial charge in [0.15, 0.2) is 0 Å². The number of carbonyl (C=O) groups excluding carboxylic acids is 1. The highest BCUT2D eigenvalue weighted by molar-refractivity contribution is 14.1. The Morgan fingerprint density at radius 3 is 2.25 bits per heavy atom. The van der Waals surface area contributed by atoms with Crippen LogP contribution in [0.5, 0.6) is 0 Å². The topological polar surface area (TPSA) is 32.3 Å². The summed E-state index contributed by atoms with van der Waals surface area (Å²) >= 11 is 2.27. The Kier molecular flexibility index (Phi) is 4.31. The molecule has 2 aliphatic heterocycles. The Balaban J connectivity index is 1.62. The molecule has 1 spiro atoms. The fraction of sp³-hybridized carbons (Fsp3) is 0.562. The average molecular weight is 384 g/mol. The summed E-state index contributed by atoms with van der Waals surface area (Å²) in [6, 6.07) is 7.90. The van der Waals surface area contributed by atoms with Gasteiger partial charge in [-0.2, -0.15) is 0 Å². The quantitative estimate of drug-likeness (QED) is 0.756. The lowest BCUT2D eigenvalue weighted by Crippen LogP contribution is -2.47. The Labute approximate surface area is 134 Å². The zero-order valence-corrected chi connectivity index (χ0v) is 13.9. The Morgan fingerprint density at radius 2 is 1.65 bits per heavy atom. The molecule has 0 bridgehead atoms. The van der Waals surface area contributed by atoms with Gasteiger partial charge in [-0.05, 0) is 91.0 Å². The fourth-order valence-electron chi connectivity index (χ4n) is 3.42. The number of nitrogens with zero attached hydrogens (tertiary/aromatic N) is 1. The molecule has 1 aromatic carbocycles. The summed E-state index contributed by atoms with van der Waals surface area (Å²) in [6.45, 7) is 4.13. The van der Waals surface area contributed by atoms with Gasteiger partial charge in [-0.15, -0.1) is 0 Å². The van der Waals surface area contributed by atoms with Gasteiger partial charge in [-0.3, -0.25) is 4.79 Å². The molecule has 0 aromatic heterocycles. The average Bonchev–Trinajstić information content (AvgIpc) is 2.49. The van der Waals surface area contributed by atoms with E-state index in [1.54, 1.807) is 0 Å². The molecular formula is C16H21IN2O. The van der Waals surface area contributed by atoms with Crippen LogP contribution in [-0.4, -0.2) is 37.0 Å². The van der Waals surface area contributed by atoms with E-state index in [4.69, 9.17) is 0 Å². The lowest BCUT2D eigenvalue weighted by molar-refractivity contribution is 0.0495. The maximum absolute atomic E-state index is 12.5. The lowest BCUT2D eigenvalue weighted by Gasteiger charge is -2.44. The minimum Gasteiger partial charge on any atom is -0.339 e. The van der Waals surface area contributed by atoms with Gasteiger partial charge in [0.05, 0.1) is 0 Å². The Hall–Kier alpha value is -0.620. The summed E-state index contributed by atoms with van der Waals surface area (Å²) in [7, 11) is 0. The maximum atomic E-state index is 12.5. The molecule has 0 atom stereocenters. The number of nitrogens with one attached hydrogen (secondary N) is 1. The van der Waals surface area contributed by atoms with E-state index in [1.807, 2.05) is 29.2 Å². The van der Waals surface area contributed by atoms with Crippen molar-refractivity contribution in [3.63, 3.8) is 0 Å². The molecule has 1 aromatic rings. The minimum absolute atomic E-state index is 0.199. The molecule has 108 valence electrons. The number of likely N-dealkylation sites (tertiary alicyclic amines) is 1. The number of carbonyl (C=O) groups is 1. The summed E-state index contributed by atoms with van der Waals surface area (Å²) in [5.41, 5.74) is 1.33. The van der Waals surface area contributed by atoms with Crippen LogP contribution >= 0.6 is 22.6 Å². The molecule has 0 aliphatic carbocycles. The molecule has 3 rings (SSSR count). The van der Waals surface area contributed by atoms with E-state index < -0.39 is 0 Å². The van der Waals surface area contributed by atoms with Crippen molar-refractivity contribution in [1.29, 1.82) is 0 Å². The number of amides is 1. The van der Waals surface area contributed by atoms with Crippen molar-refractivity contribution in [1.82, 2.24) is 10.2 Å². The van der Waals surface area contributed by atoms with Gasteiger partial charge >= 0.3 is 0 Å². The second-order valence-electron chi connectivity index (χ2n) is 6.05. The van der Waals surface area contributed by atoms with Crippen molar-refractivity contribution in [2.24, 2.45) is 5.41 Å². The largest absolute Gasteiger partial charge is 0.339 e. The number of hydrogen-bond acceptors (Lipinski definition) is 2. The molecule has 0 saturated carbocycles. The molecule has 1 amide bonds. The van der Waals surface area contributed by atoms with E-state index in [9.17, 15) is 4.79 Å². The summed E-state index contributed by atoms with van der Waals surface area (Å²) in [5.74, 6) is 0.199. The van der Waals surface area contributed by atoms with Gasteiger partial charge in [0.1, 0.15) is 0 Å². The minimum atomic E-state index is 0.199. The van der Waals surface area contributed by atoms with Gasteiger partial charge in [0, 0.05) is 22.2 Å². The Morgan fingerprint density at radius 1 is 1.05 bits per heavy atom. The fourth-order valence-corrected chi connectivity index (χ4v) is 3.78. The SMILES string of the molecule is O=C(c1ccc(I)cc1)N1CCC2(CCNCC2)CC1. The van der Waals surface area contributed by atoms with Gasteiger partial charge < -0.3 is 10.2 Å². The summed E-state index contributed by atoms with van der Waals surface area (Å²) in [5, 5.41) is 3.44. The van der Waals surface area contributed by atoms with Gasteiger partial charge in [-0.25, -0.2) is 0 Å². The molecule has 20 heavy (non-hydrogen) atoms. The van der Waals surface area contributed by atoms with Crippen molar-refractivity contribution < 1.29 is 4.79 Å². The molecule has 2 fully saturated rings. The second-order valence-corrected chi connectivity index (χ2v) is 7.29. The number of hydrogen-bond donors (Lipinski definition) is 1. The third kappa shape index (κ3) is 3.01. The number of benzene rings is 1. The molecule has 1 N–H and O–H groups in total. The van der Waals surface area contributed by atoms with E-state index in [-0.39, 0.29) is 5.91 Å². The molecule has 4 heteroatoms. The summed E-state index contributed by atoms with van der Waals surface area (Å²) in [4.78, 5) is 14.5. The van der Waals surface area contributed by atoms with E-state index in [0.717, 1.165) is 31.7 Å². The number of halogens is 1. The lowest BCUT2D eigenvalue weighted by atomic mass is 9.71. The van der Waals surface area contributed by atoms with Crippen LogP contribution in [0.2, 0.25) is 0 Å². The highest BCUT2D eigenvalue weighted by atomic mass is 127. The van der Waals surface area contributed by atoms with Crippen molar-refractivity contribution in [3.8, 4) is 0 Å². The van der Waals surface area contributed by atoms with E-state index in [2.05, 4.69) is 27.9 Å². The molecule has 2 saturated heterocycles. The van der Waals surface area contributed by atoms with Gasteiger partial charge in [-0.1, -0.05) is 0 Å². The first-order chi connectivity index (χ1) is 9.69. The van der Waals surface area contributed by atoms with E-state index in [0.29, 0.717) is 5.41 Å². The predicted molar refractivity (Wildman–Crippen MR) is 88.8 cm³/mol. The van der Waals surface area contributed by atoms with E-state index >= 15 is 0 Å². The molecule has 2 aliphatic rings. The summed E-state index contributed by atoms with van der Waals surface area (Å²) in [6.07, 6.45) is 4.90. The van der Waals surface area contributed by atoms with Crippen LogP contribution in [0.4, 0.5) is 0 Å². The highest BCUT2D eigenvalue weighted by Gasteiger charge is 2.36. The Bertz CT molecular complexity index is 470. The first-order valence-corrected chi connectivity index (χ1v) is 8.52. The van der Waals surface area contributed by atoms with Crippen LogP contribution in [0.15, 0.2) is 24.3 Å². The number of piperidine rings is 2. The second kappa shape index (κ2) is 6.02. The standard InChI is InChI=1S/C16H21IN2O/c17-14-3-1-13(2-4-14)15(20)19-11-7-16(8-12-19)5-9-18-10-6-16/h1-4,18H,5-12H2. The monoisotopic (exact) mass is 384 g/mol. The predicted octanol–water partition coefficient (Wildman–Crippen LogP) is 2.90. The van der Waals surface area contributed by atoms with Crippen molar-refractivity contribution in [2.75, 3.05) is 26.2 Å². The van der Waals surface area contributed by atoms with Crippen molar-refractivity contribution in [3.05, 3.63) is 33.4 Å². The first-order valence-electron chi connectivity index (χ1n) is 7.44. The third-order valence-corrected chi connectivity index (χ3v) is 5.59. The van der Waals surface area contributed by atoms with Crippen LogP contribution in [0.3, 0.4) is 0 Å². The van der Waals surface area contributed by atoms with Crippen LogP contribution in [0.1, 0.15) is 36.0 Å². The van der Waals surface area contributed by atoms with Crippen LogP contribution in [0, 0.1) is 8.99 Å². The molecule has 0 radical (unpaired) electrons. The molecule has 2 heterocycles. The first kappa shape index (κ1) is 14.3. The zero-order chi connectivity index (χ0) is 14.0. The van der Waals surface area contributed by atoms with Crippen molar-refractivity contribution >= 4 is 28.5 Å². The summed E-state index contributed by atoms with van der Waals surface area (Å²) < 4.78 is 1.17. The van der Waals surface area contributed by atoms with Crippen molar-refractivity contribution in [2.45, 2.75) is 25.7 Å². The van der Waals surface area contributed by atoms with Gasteiger partial charge in [0.2, 0.25) is 0 Å². The smallest absolute Gasteiger partial charge is 0.253 e. The van der Waals surface area contributed by atoms with Crippen LogP contribution in [0.25, 0.3) is 0 Å². The highest BCUT2D eigenvalue weighted by Crippen LogP contribution is 2.39. The molecular weight excluding hydrogens is 363 g/mol. The normalized spacial score (nSPS) is 21.9. The molecule has 0 unspecified atom stereocenters. The molecule has 3 nitrogen and oxygen atoms in total. The zero-order valence-electron chi connectivity index (χ0n) is 11.7. The van der Waals surface area contributed by atoms with Gasteiger partial charge in [0.25, 0.3) is 5.91 Å². The third-order valence-electron chi connectivity index (χ3n) is 4.87.